The number of benzene rings is 1. The maximum Gasteiger partial charge on any atom is 0.225 e. The van der Waals surface area contributed by atoms with E-state index in [2.05, 4.69) is 20.7 Å². The van der Waals surface area contributed by atoms with Crippen LogP contribution in [0.1, 0.15) is 5.56 Å². The van der Waals surface area contributed by atoms with Crippen LogP contribution >= 0.6 is 11.3 Å². The van der Waals surface area contributed by atoms with Gasteiger partial charge in [0.1, 0.15) is 5.51 Å². The van der Waals surface area contributed by atoms with E-state index in [1.807, 2.05) is 30.3 Å². The van der Waals surface area contributed by atoms with Crippen molar-refractivity contribution in [2.75, 3.05) is 5.43 Å². The molecule has 4 nitrogen and oxygen atoms in total. The van der Waals surface area contributed by atoms with Gasteiger partial charge in [0, 0.05) is 0 Å². The van der Waals surface area contributed by atoms with Gasteiger partial charge in [0.2, 0.25) is 5.13 Å². The summed E-state index contributed by atoms with van der Waals surface area (Å²) in [5.74, 6) is 0. The lowest BCUT2D eigenvalue weighted by Crippen LogP contribution is -1.89. The van der Waals surface area contributed by atoms with Gasteiger partial charge in [-0.3, -0.25) is 5.43 Å². The molecule has 0 unspecified atom stereocenters. The molecular weight excluding hydrogens is 196 g/mol. The number of nitrogens with zero attached hydrogens (tertiary/aromatic N) is 3. The second-order valence-corrected chi connectivity index (χ2v) is 3.36. The summed E-state index contributed by atoms with van der Waals surface area (Å²) >= 11 is 1.41. The first-order chi connectivity index (χ1) is 6.95. The van der Waals surface area contributed by atoms with E-state index in [1.54, 1.807) is 11.7 Å². The van der Waals surface area contributed by atoms with E-state index < -0.39 is 0 Å². The largest absolute Gasteiger partial charge is 0.251 e. The zero-order chi connectivity index (χ0) is 9.64. The summed E-state index contributed by atoms with van der Waals surface area (Å²) in [6.07, 6.45) is 1.74. The Bertz CT molecular complexity index is 396. The molecule has 0 spiro atoms. The van der Waals surface area contributed by atoms with Gasteiger partial charge in [-0.2, -0.15) is 5.10 Å². The average molecular weight is 204 g/mol. The number of anilines is 1. The number of hydrazone groups is 1. The minimum absolute atomic E-state index is 0.692. The maximum absolute atomic E-state index is 4.02. The van der Waals surface area contributed by atoms with Crippen LogP contribution < -0.4 is 5.43 Å². The van der Waals surface area contributed by atoms with Crippen molar-refractivity contribution >= 4 is 22.7 Å². The number of hydrogen-bond acceptors (Lipinski definition) is 5. The van der Waals surface area contributed by atoms with E-state index in [9.17, 15) is 0 Å². The van der Waals surface area contributed by atoms with Crippen LogP contribution in [0, 0.1) is 0 Å². The highest BCUT2D eigenvalue weighted by Crippen LogP contribution is 2.07. The molecule has 1 heterocycles. The van der Waals surface area contributed by atoms with Crippen molar-refractivity contribution in [3.05, 3.63) is 41.4 Å². The summed E-state index contributed by atoms with van der Waals surface area (Å²) in [6.45, 7) is 0. The molecule has 0 fully saturated rings. The first kappa shape index (κ1) is 8.83. The summed E-state index contributed by atoms with van der Waals surface area (Å²) in [7, 11) is 0. The van der Waals surface area contributed by atoms with Crippen molar-refractivity contribution in [2.24, 2.45) is 5.10 Å². The highest BCUT2D eigenvalue weighted by molar-refractivity contribution is 7.13. The molecule has 0 atom stereocenters. The third kappa shape index (κ3) is 2.37. The molecule has 14 heavy (non-hydrogen) atoms. The summed E-state index contributed by atoms with van der Waals surface area (Å²) in [5.41, 5.74) is 5.49. The zero-order valence-electron chi connectivity index (χ0n) is 7.29. The first-order valence-electron chi connectivity index (χ1n) is 4.05. The van der Waals surface area contributed by atoms with Crippen LogP contribution in [0.3, 0.4) is 0 Å². The Labute approximate surface area is 85.3 Å². The van der Waals surface area contributed by atoms with Gasteiger partial charge in [0.05, 0.1) is 6.21 Å². The SMILES string of the molecule is C(=N\Nc1nncs1)/c1ccccc1. The molecule has 0 bridgehead atoms. The zero-order valence-corrected chi connectivity index (χ0v) is 8.11. The summed E-state index contributed by atoms with van der Waals surface area (Å²) in [4.78, 5) is 0. The van der Waals surface area contributed by atoms with Crippen molar-refractivity contribution in [3.63, 3.8) is 0 Å². The fourth-order valence-corrected chi connectivity index (χ4v) is 1.32. The Kier molecular flexibility index (Phi) is 2.82. The Balaban J connectivity index is 1.96. The molecule has 0 saturated carbocycles. The molecule has 0 saturated heterocycles. The van der Waals surface area contributed by atoms with E-state index in [-0.39, 0.29) is 0 Å². The molecule has 5 heteroatoms. The van der Waals surface area contributed by atoms with Gasteiger partial charge in [0.25, 0.3) is 0 Å². The Hall–Kier alpha value is -1.75. The Morgan fingerprint density at radius 3 is 2.86 bits per heavy atom. The van der Waals surface area contributed by atoms with Crippen molar-refractivity contribution in [3.8, 4) is 0 Å². The van der Waals surface area contributed by atoms with Gasteiger partial charge < -0.3 is 0 Å². The monoisotopic (exact) mass is 204 g/mol. The molecule has 2 aromatic rings. The van der Waals surface area contributed by atoms with Crippen LogP contribution in [0.2, 0.25) is 0 Å². The van der Waals surface area contributed by atoms with E-state index in [4.69, 9.17) is 0 Å². The summed E-state index contributed by atoms with van der Waals surface area (Å²) in [5, 5.41) is 12.2. The van der Waals surface area contributed by atoms with Gasteiger partial charge in [-0.15, -0.1) is 10.2 Å². The van der Waals surface area contributed by atoms with Crippen molar-refractivity contribution in [2.45, 2.75) is 0 Å². The first-order valence-corrected chi connectivity index (χ1v) is 4.93. The number of nitrogens with one attached hydrogen (secondary N) is 1. The lowest BCUT2D eigenvalue weighted by atomic mass is 10.2. The van der Waals surface area contributed by atoms with Crippen molar-refractivity contribution in [1.29, 1.82) is 0 Å². The lowest BCUT2D eigenvalue weighted by molar-refractivity contribution is 1.08. The lowest BCUT2D eigenvalue weighted by Gasteiger charge is -1.92. The quantitative estimate of drug-likeness (QED) is 0.614. The van der Waals surface area contributed by atoms with Gasteiger partial charge in [-0.25, -0.2) is 0 Å². The average Bonchev–Trinajstić information content (AvgIpc) is 2.72. The molecule has 0 aliphatic rings. The molecular formula is C9H8N4S. The van der Waals surface area contributed by atoms with Gasteiger partial charge in [-0.1, -0.05) is 41.7 Å². The normalized spacial score (nSPS) is 10.6. The van der Waals surface area contributed by atoms with Gasteiger partial charge in [0.15, 0.2) is 0 Å². The molecule has 2 rings (SSSR count). The molecule has 70 valence electrons. The minimum Gasteiger partial charge on any atom is -0.251 e. The molecule has 0 aliphatic carbocycles. The molecule has 1 aromatic carbocycles. The van der Waals surface area contributed by atoms with Crippen LogP contribution in [-0.2, 0) is 0 Å². The van der Waals surface area contributed by atoms with Crippen molar-refractivity contribution < 1.29 is 0 Å². The second-order valence-electron chi connectivity index (χ2n) is 2.52. The van der Waals surface area contributed by atoms with E-state index in [1.165, 1.54) is 11.3 Å². The summed E-state index contributed by atoms with van der Waals surface area (Å²) in [6, 6.07) is 9.85. The van der Waals surface area contributed by atoms with Crippen molar-refractivity contribution in [1.82, 2.24) is 10.2 Å². The maximum atomic E-state index is 4.02. The van der Waals surface area contributed by atoms with Gasteiger partial charge >= 0.3 is 0 Å². The third-order valence-corrected chi connectivity index (χ3v) is 2.13. The van der Waals surface area contributed by atoms with Crippen LogP contribution in [0.25, 0.3) is 0 Å². The smallest absolute Gasteiger partial charge is 0.225 e. The van der Waals surface area contributed by atoms with Crippen LogP contribution in [0.4, 0.5) is 5.13 Å². The highest BCUT2D eigenvalue weighted by Gasteiger charge is 1.90. The summed E-state index contributed by atoms with van der Waals surface area (Å²) < 4.78 is 0. The molecule has 1 aromatic heterocycles. The molecule has 0 amide bonds. The standard InChI is InChI=1S/C9H8N4S/c1-2-4-8(5-3-1)6-10-12-9-13-11-7-14-9/h1-7H,(H,12,13)/b10-6+. The number of hydrogen-bond donors (Lipinski definition) is 1. The topological polar surface area (TPSA) is 50.2 Å². The molecule has 0 aliphatic heterocycles. The number of rotatable bonds is 3. The third-order valence-electron chi connectivity index (χ3n) is 1.53. The van der Waals surface area contributed by atoms with Crippen LogP contribution in [0.15, 0.2) is 40.9 Å². The van der Waals surface area contributed by atoms with Crippen LogP contribution in [-0.4, -0.2) is 16.4 Å². The predicted octanol–water partition coefficient (Wildman–Crippen LogP) is 1.98. The second kappa shape index (κ2) is 4.48. The fraction of sp³-hybridized carbons (Fsp3) is 0. The minimum atomic E-state index is 0.692. The fourth-order valence-electron chi connectivity index (χ4n) is 0.923. The van der Waals surface area contributed by atoms with E-state index >= 15 is 0 Å². The van der Waals surface area contributed by atoms with E-state index in [0.717, 1.165) is 5.56 Å². The highest BCUT2D eigenvalue weighted by atomic mass is 32.1. The Morgan fingerprint density at radius 2 is 2.14 bits per heavy atom. The molecule has 0 radical (unpaired) electrons. The predicted molar refractivity (Wildman–Crippen MR) is 57.6 cm³/mol. The Morgan fingerprint density at radius 1 is 1.29 bits per heavy atom. The van der Waals surface area contributed by atoms with Gasteiger partial charge in [-0.05, 0) is 5.56 Å². The van der Waals surface area contributed by atoms with Crippen LogP contribution in [0.5, 0.6) is 0 Å². The van der Waals surface area contributed by atoms with E-state index in [0.29, 0.717) is 5.13 Å². The number of aromatic nitrogens is 2. The molecule has 1 N–H and O–H groups in total.